The number of rotatable bonds is 3. The van der Waals surface area contributed by atoms with E-state index in [1.807, 2.05) is 42.5 Å². The summed E-state index contributed by atoms with van der Waals surface area (Å²) in [6.07, 6.45) is 0.747. The molecule has 0 spiro atoms. The van der Waals surface area contributed by atoms with Gasteiger partial charge in [0, 0.05) is 6.42 Å². The van der Waals surface area contributed by atoms with Crippen molar-refractivity contribution in [2.75, 3.05) is 0 Å². The molecular formula is C28H26N4O2. The van der Waals surface area contributed by atoms with Crippen LogP contribution in [0.4, 0.5) is 0 Å². The maximum atomic E-state index is 10.6. The van der Waals surface area contributed by atoms with Gasteiger partial charge < -0.3 is 9.47 Å². The minimum absolute atomic E-state index is 0.127. The molecule has 1 saturated carbocycles. The van der Waals surface area contributed by atoms with E-state index in [1.165, 1.54) is 0 Å². The molecule has 2 aromatic rings. The molecule has 3 aliphatic rings. The number of ether oxygens (including phenoxy) is 2. The summed E-state index contributed by atoms with van der Waals surface area (Å²) in [6.45, 7) is 4.19. The van der Waals surface area contributed by atoms with Gasteiger partial charge in [0.2, 0.25) is 17.1 Å². The van der Waals surface area contributed by atoms with Crippen molar-refractivity contribution in [1.82, 2.24) is 0 Å². The van der Waals surface area contributed by atoms with E-state index in [4.69, 9.17) is 14.9 Å². The van der Waals surface area contributed by atoms with Crippen molar-refractivity contribution >= 4 is 5.90 Å². The van der Waals surface area contributed by atoms with Crippen molar-refractivity contribution in [3.05, 3.63) is 71.3 Å². The molecule has 2 saturated heterocycles. The second kappa shape index (κ2) is 7.69. The third-order valence-electron chi connectivity index (χ3n) is 8.09. The monoisotopic (exact) mass is 450 g/mol. The Morgan fingerprint density at radius 1 is 0.941 bits per heavy atom. The van der Waals surface area contributed by atoms with Crippen molar-refractivity contribution in [3.8, 4) is 18.2 Å². The van der Waals surface area contributed by atoms with E-state index in [0.717, 1.165) is 17.5 Å². The van der Waals surface area contributed by atoms with Crippen LogP contribution in [0.3, 0.4) is 0 Å². The Balaban J connectivity index is 1.65. The van der Waals surface area contributed by atoms with E-state index in [-0.39, 0.29) is 11.8 Å². The molecule has 2 heterocycles. The van der Waals surface area contributed by atoms with Crippen molar-refractivity contribution in [3.63, 3.8) is 0 Å². The molecule has 1 aliphatic carbocycles. The fourth-order valence-electron chi connectivity index (χ4n) is 6.22. The third kappa shape index (κ3) is 2.71. The van der Waals surface area contributed by atoms with E-state index < -0.39 is 28.6 Å². The average Bonchev–Trinajstić information content (AvgIpc) is 3.07. The van der Waals surface area contributed by atoms with Crippen LogP contribution in [0.15, 0.2) is 54.6 Å². The highest BCUT2D eigenvalue weighted by molar-refractivity contribution is 5.89. The molecule has 5 unspecified atom stereocenters. The summed E-state index contributed by atoms with van der Waals surface area (Å²) in [5, 5.41) is 40.3. The SMILES string of the molecule is CC(C)c1ccc(C2OC34CCC(c5ccccc5)CC3C(C#N)(C(=N)O4)C2(C#N)C#N)cc1. The lowest BCUT2D eigenvalue weighted by molar-refractivity contribution is -0.296. The van der Waals surface area contributed by atoms with Crippen molar-refractivity contribution in [2.24, 2.45) is 16.7 Å². The molecule has 170 valence electrons. The first kappa shape index (κ1) is 22.1. The van der Waals surface area contributed by atoms with E-state index in [2.05, 4.69) is 44.2 Å². The van der Waals surface area contributed by atoms with E-state index in [1.54, 1.807) is 0 Å². The Morgan fingerprint density at radius 2 is 1.62 bits per heavy atom. The summed E-state index contributed by atoms with van der Waals surface area (Å²) in [4.78, 5) is 0. The highest BCUT2D eigenvalue weighted by Crippen LogP contribution is 2.70. The van der Waals surface area contributed by atoms with Gasteiger partial charge in [-0.25, -0.2) is 0 Å². The van der Waals surface area contributed by atoms with Gasteiger partial charge >= 0.3 is 0 Å². The molecule has 6 nitrogen and oxygen atoms in total. The van der Waals surface area contributed by atoms with Crippen LogP contribution < -0.4 is 0 Å². The Bertz CT molecular complexity index is 1240. The molecule has 0 aromatic heterocycles. The largest absolute Gasteiger partial charge is 0.447 e. The fourth-order valence-corrected chi connectivity index (χ4v) is 6.22. The molecular weight excluding hydrogens is 424 g/mol. The second-order valence-corrected chi connectivity index (χ2v) is 9.95. The Morgan fingerprint density at radius 3 is 2.21 bits per heavy atom. The van der Waals surface area contributed by atoms with Crippen LogP contribution >= 0.6 is 0 Å². The van der Waals surface area contributed by atoms with Crippen molar-refractivity contribution in [1.29, 1.82) is 21.2 Å². The highest BCUT2D eigenvalue weighted by Gasteiger charge is 2.81. The first-order valence-electron chi connectivity index (χ1n) is 11.7. The molecule has 0 amide bonds. The molecule has 34 heavy (non-hydrogen) atoms. The molecule has 0 radical (unpaired) electrons. The zero-order chi connectivity index (χ0) is 24.1. The summed E-state index contributed by atoms with van der Waals surface area (Å²) in [5.41, 5.74) is -0.721. The van der Waals surface area contributed by atoms with Crippen LogP contribution in [0, 0.1) is 56.2 Å². The lowest BCUT2D eigenvalue weighted by Gasteiger charge is -2.52. The lowest BCUT2D eigenvalue weighted by atomic mass is 9.50. The van der Waals surface area contributed by atoms with Crippen LogP contribution in [-0.4, -0.2) is 11.7 Å². The average molecular weight is 451 g/mol. The normalized spacial score (nSPS) is 33.2. The first-order valence-corrected chi connectivity index (χ1v) is 11.7. The zero-order valence-corrected chi connectivity index (χ0v) is 19.3. The quantitative estimate of drug-likeness (QED) is 0.643. The molecule has 2 aliphatic heterocycles. The van der Waals surface area contributed by atoms with Gasteiger partial charge in [0.15, 0.2) is 5.41 Å². The lowest BCUT2D eigenvalue weighted by Crippen LogP contribution is -2.60. The summed E-state index contributed by atoms with van der Waals surface area (Å²) in [7, 11) is 0. The molecule has 5 atom stereocenters. The molecule has 2 bridgehead atoms. The van der Waals surface area contributed by atoms with E-state index >= 15 is 0 Å². The standard InChI is InChI=1S/C28H26N4O2/c1-18(2)19-8-10-21(11-9-19)24-26(15-29,16-30)27(17-31)23-14-22(20-6-4-3-5-7-20)12-13-28(23,33-24)34-25(27)32/h3-11,18,22-24,32H,12-14H2,1-2H3. The maximum Gasteiger partial charge on any atom is 0.217 e. The minimum atomic E-state index is -1.92. The van der Waals surface area contributed by atoms with Gasteiger partial charge in [0.05, 0.1) is 24.1 Å². The minimum Gasteiger partial charge on any atom is -0.447 e. The van der Waals surface area contributed by atoms with Crippen LogP contribution in [0.25, 0.3) is 0 Å². The summed E-state index contributed by atoms with van der Waals surface area (Å²) >= 11 is 0. The topological polar surface area (TPSA) is 114 Å². The number of hydrogen-bond acceptors (Lipinski definition) is 6. The molecule has 2 aromatic carbocycles. The number of hydrogen-bond donors (Lipinski definition) is 1. The Hall–Kier alpha value is -3.66. The van der Waals surface area contributed by atoms with Crippen LogP contribution in [0.5, 0.6) is 0 Å². The van der Waals surface area contributed by atoms with Crippen LogP contribution in [-0.2, 0) is 9.47 Å². The van der Waals surface area contributed by atoms with Crippen LogP contribution in [0.2, 0.25) is 0 Å². The van der Waals surface area contributed by atoms with Crippen molar-refractivity contribution in [2.45, 2.75) is 56.8 Å². The number of benzene rings is 2. The number of nitrogens with zero attached hydrogens (tertiary/aromatic N) is 3. The predicted molar refractivity (Wildman–Crippen MR) is 124 cm³/mol. The van der Waals surface area contributed by atoms with E-state index in [9.17, 15) is 15.8 Å². The molecule has 3 fully saturated rings. The number of nitrogens with one attached hydrogen (secondary N) is 1. The molecule has 5 rings (SSSR count). The molecule has 6 heteroatoms. The van der Waals surface area contributed by atoms with Gasteiger partial charge in [-0.3, -0.25) is 5.41 Å². The van der Waals surface area contributed by atoms with Crippen LogP contribution in [0.1, 0.15) is 67.7 Å². The smallest absolute Gasteiger partial charge is 0.217 e. The summed E-state index contributed by atoms with van der Waals surface area (Å²) < 4.78 is 12.6. The van der Waals surface area contributed by atoms with E-state index in [0.29, 0.717) is 24.3 Å². The highest BCUT2D eigenvalue weighted by atomic mass is 16.7. The Kier molecular flexibility index (Phi) is 5.01. The zero-order valence-electron chi connectivity index (χ0n) is 19.3. The second-order valence-electron chi connectivity index (χ2n) is 9.95. The predicted octanol–water partition coefficient (Wildman–Crippen LogP) is 5.71. The number of nitriles is 3. The summed E-state index contributed by atoms with van der Waals surface area (Å²) in [6, 6.07) is 24.3. The fraction of sp³-hybridized carbons (Fsp3) is 0.429. The van der Waals surface area contributed by atoms with Gasteiger partial charge in [-0.2, -0.15) is 15.8 Å². The van der Waals surface area contributed by atoms with Crippen molar-refractivity contribution < 1.29 is 9.47 Å². The first-order chi connectivity index (χ1) is 16.4. The molecule has 1 N–H and O–H groups in total. The van der Waals surface area contributed by atoms with Gasteiger partial charge in [0.1, 0.15) is 6.10 Å². The maximum absolute atomic E-state index is 10.6. The Labute approximate surface area is 199 Å². The van der Waals surface area contributed by atoms with Gasteiger partial charge in [-0.05, 0) is 41.4 Å². The van der Waals surface area contributed by atoms with Gasteiger partial charge in [-0.1, -0.05) is 68.4 Å². The summed E-state index contributed by atoms with van der Waals surface area (Å²) in [5.74, 6) is -1.66. The van der Waals surface area contributed by atoms with Gasteiger partial charge in [-0.15, -0.1) is 0 Å². The third-order valence-corrected chi connectivity index (χ3v) is 8.09. The van der Waals surface area contributed by atoms with Gasteiger partial charge in [0.25, 0.3) is 0 Å².